The molecular formula is C34H44FN3O4. The number of benzene rings is 2. The van der Waals surface area contributed by atoms with E-state index in [1.54, 1.807) is 6.07 Å². The first-order chi connectivity index (χ1) is 20.4. The molecule has 42 heavy (non-hydrogen) atoms. The van der Waals surface area contributed by atoms with Crippen molar-refractivity contribution in [1.82, 2.24) is 9.80 Å². The summed E-state index contributed by atoms with van der Waals surface area (Å²) in [6.45, 7) is 11.1. The van der Waals surface area contributed by atoms with Crippen LogP contribution in [0.25, 0.3) is 11.1 Å². The molecule has 0 unspecified atom stereocenters. The van der Waals surface area contributed by atoms with Crippen molar-refractivity contribution in [3.05, 3.63) is 53.3 Å². The second-order valence-electron chi connectivity index (χ2n) is 12.6. The topological polar surface area (TPSA) is 63.6 Å². The summed E-state index contributed by atoms with van der Waals surface area (Å²) in [5, 5.41) is 4.52. The Morgan fingerprint density at radius 3 is 2.55 bits per heavy atom. The molecule has 1 spiro atoms. The molecule has 8 heteroatoms. The third-order valence-corrected chi connectivity index (χ3v) is 9.54. The number of oxime groups is 1. The fraction of sp³-hybridized carbons (Fsp3) is 0.588. The molecule has 3 heterocycles. The summed E-state index contributed by atoms with van der Waals surface area (Å²) in [5.74, 6) is 1.99. The highest BCUT2D eigenvalue weighted by Crippen LogP contribution is 2.49. The van der Waals surface area contributed by atoms with Crippen molar-refractivity contribution < 1.29 is 23.5 Å². The Bertz CT molecular complexity index is 1330. The number of amidine groups is 1. The summed E-state index contributed by atoms with van der Waals surface area (Å²) in [4.78, 5) is 23.4. The Morgan fingerprint density at radius 2 is 1.88 bits per heavy atom. The maximum Gasteiger partial charge on any atom is 0.312 e. The predicted molar refractivity (Wildman–Crippen MR) is 161 cm³/mol. The maximum absolute atomic E-state index is 15.0. The molecule has 3 aliphatic heterocycles. The molecule has 1 saturated carbocycles. The van der Waals surface area contributed by atoms with E-state index in [2.05, 4.69) is 40.9 Å². The van der Waals surface area contributed by atoms with Gasteiger partial charge in [-0.05, 0) is 74.6 Å². The summed E-state index contributed by atoms with van der Waals surface area (Å²) in [7, 11) is 0. The molecule has 0 amide bonds. The second kappa shape index (κ2) is 11.9. The molecule has 0 bridgehead atoms. The average Bonchev–Trinajstić information content (AvgIpc) is 3.74. The van der Waals surface area contributed by atoms with Crippen LogP contribution in [0.15, 0.2) is 41.6 Å². The van der Waals surface area contributed by atoms with Gasteiger partial charge in [-0.2, -0.15) is 0 Å². The SMILES string of the molecule is CCCOc1cc(CN2CC3(CC(N4CCC(CC)(C(=O)OCC)CC4)=NO3)C2)cc(C2CC2)c1-c1ccccc1F. The summed E-state index contributed by atoms with van der Waals surface area (Å²) in [6.07, 6.45) is 6.34. The van der Waals surface area contributed by atoms with Crippen LogP contribution in [0, 0.1) is 11.2 Å². The van der Waals surface area contributed by atoms with Crippen LogP contribution in [0.1, 0.15) is 82.8 Å². The Labute approximate surface area is 249 Å². The van der Waals surface area contributed by atoms with Crippen LogP contribution >= 0.6 is 0 Å². The normalized spacial score (nSPS) is 21.0. The van der Waals surface area contributed by atoms with E-state index in [0.717, 1.165) is 94.8 Å². The van der Waals surface area contributed by atoms with E-state index >= 15 is 0 Å². The minimum Gasteiger partial charge on any atom is -0.493 e. The fourth-order valence-corrected chi connectivity index (χ4v) is 6.94. The van der Waals surface area contributed by atoms with E-state index in [9.17, 15) is 9.18 Å². The molecule has 0 radical (unpaired) electrons. The molecule has 7 nitrogen and oxygen atoms in total. The van der Waals surface area contributed by atoms with Crippen LogP contribution < -0.4 is 4.74 Å². The number of halogens is 1. The molecule has 2 aromatic carbocycles. The van der Waals surface area contributed by atoms with Gasteiger partial charge in [-0.1, -0.05) is 43.3 Å². The van der Waals surface area contributed by atoms with Crippen molar-refractivity contribution in [2.75, 3.05) is 39.4 Å². The number of rotatable bonds is 10. The minimum absolute atomic E-state index is 0.0575. The summed E-state index contributed by atoms with van der Waals surface area (Å²) in [5.41, 5.74) is 3.30. The monoisotopic (exact) mass is 577 g/mol. The number of nitrogens with zero attached hydrogens (tertiary/aromatic N) is 3. The summed E-state index contributed by atoms with van der Waals surface area (Å²) >= 11 is 0. The standard InChI is InChI=1S/C34H44FN3O4/c1-4-17-41-29-19-24(18-27(25-11-12-25)31(29)26-9-7-8-10-28(26)35)21-37-22-34(23-37)20-30(36-42-34)38-15-13-33(5-2,14-16-38)32(39)40-6-3/h7-10,18-19,25H,4-6,11-17,20-23H2,1-3H3. The molecule has 6 rings (SSSR count). The fourth-order valence-electron chi connectivity index (χ4n) is 6.94. The van der Waals surface area contributed by atoms with Gasteiger partial charge in [-0.15, -0.1) is 0 Å². The molecule has 4 aliphatic rings. The lowest BCUT2D eigenvalue weighted by Gasteiger charge is -2.46. The van der Waals surface area contributed by atoms with Crippen LogP contribution in [0.2, 0.25) is 0 Å². The Morgan fingerprint density at radius 1 is 1.12 bits per heavy atom. The van der Waals surface area contributed by atoms with Gasteiger partial charge in [0.15, 0.2) is 5.60 Å². The van der Waals surface area contributed by atoms with Crippen LogP contribution in [-0.2, 0) is 20.9 Å². The van der Waals surface area contributed by atoms with Gasteiger partial charge in [-0.25, -0.2) is 4.39 Å². The van der Waals surface area contributed by atoms with E-state index in [1.807, 2.05) is 19.1 Å². The van der Waals surface area contributed by atoms with Crippen molar-refractivity contribution in [1.29, 1.82) is 0 Å². The third kappa shape index (κ3) is 5.62. The van der Waals surface area contributed by atoms with Gasteiger partial charge in [0.1, 0.15) is 17.4 Å². The lowest BCUT2D eigenvalue weighted by molar-refractivity contribution is -0.158. The van der Waals surface area contributed by atoms with Gasteiger partial charge in [0.2, 0.25) is 0 Å². The van der Waals surface area contributed by atoms with Gasteiger partial charge in [0, 0.05) is 43.9 Å². The zero-order valence-electron chi connectivity index (χ0n) is 25.3. The highest BCUT2D eigenvalue weighted by atomic mass is 19.1. The molecule has 0 N–H and O–H groups in total. The van der Waals surface area contributed by atoms with Gasteiger partial charge < -0.3 is 19.2 Å². The van der Waals surface area contributed by atoms with Crippen molar-refractivity contribution >= 4 is 11.8 Å². The average molecular weight is 578 g/mol. The van der Waals surface area contributed by atoms with Gasteiger partial charge >= 0.3 is 5.97 Å². The number of carbonyl (C=O) groups is 1. The summed E-state index contributed by atoms with van der Waals surface area (Å²) < 4.78 is 26.6. The molecule has 0 atom stereocenters. The van der Waals surface area contributed by atoms with E-state index in [-0.39, 0.29) is 22.8 Å². The molecule has 2 aromatic rings. The molecule has 1 aliphatic carbocycles. The first kappa shape index (κ1) is 29.0. The second-order valence-corrected chi connectivity index (χ2v) is 12.6. The lowest BCUT2D eigenvalue weighted by atomic mass is 9.76. The minimum atomic E-state index is -0.377. The number of piperidine rings is 1. The number of hydrogen-bond acceptors (Lipinski definition) is 7. The lowest BCUT2D eigenvalue weighted by Crippen LogP contribution is -2.61. The first-order valence-corrected chi connectivity index (χ1v) is 15.8. The number of esters is 1. The van der Waals surface area contributed by atoms with Crippen molar-refractivity contribution in [2.45, 2.75) is 83.8 Å². The van der Waals surface area contributed by atoms with Crippen LogP contribution in [-0.4, -0.2) is 66.6 Å². The van der Waals surface area contributed by atoms with Crippen LogP contribution in [0.3, 0.4) is 0 Å². The predicted octanol–water partition coefficient (Wildman–Crippen LogP) is 6.50. The Kier molecular flexibility index (Phi) is 8.18. The van der Waals surface area contributed by atoms with Gasteiger partial charge in [0.25, 0.3) is 0 Å². The molecule has 226 valence electrons. The van der Waals surface area contributed by atoms with Gasteiger partial charge in [-0.3, -0.25) is 9.69 Å². The zero-order chi connectivity index (χ0) is 29.3. The number of hydrogen-bond donors (Lipinski definition) is 0. The van der Waals surface area contributed by atoms with E-state index < -0.39 is 0 Å². The first-order valence-electron chi connectivity index (χ1n) is 15.8. The highest BCUT2D eigenvalue weighted by Gasteiger charge is 2.51. The van der Waals surface area contributed by atoms with Crippen molar-refractivity contribution in [3.8, 4) is 16.9 Å². The van der Waals surface area contributed by atoms with Crippen LogP contribution in [0.4, 0.5) is 4.39 Å². The summed E-state index contributed by atoms with van der Waals surface area (Å²) in [6, 6.07) is 11.4. The van der Waals surface area contributed by atoms with E-state index in [4.69, 9.17) is 14.3 Å². The maximum atomic E-state index is 15.0. The zero-order valence-corrected chi connectivity index (χ0v) is 25.3. The quantitative estimate of drug-likeness (QED) is 0.300. The molecular weight excluding hydrogens is 533 g/mol. The molecule has 2 saturated heterocycles. The largest absolute Gasteiger partial charge is 0.493 e. The van der Waals surface area contributed by atoms with Crippen molar-refractivity contribution in [3.63, 3.8) is 0 Å². The molecule has 3 fully saturated rings. The smallest absolute Gasteiger partial charge is 0.312 e. The van der Waals surface area contributed by atoms with E-state index in [1.165, 1.54) is 17.2 Å². The number of likely N-dealkylation sites (tertiary alicyclic amines) is 2. The molecule has 0 aromatic heterocycles. The number of ether oxygens (including phenoxy) is 2. The Balaban J connectivity index is 1.10. The van der Waals surface area contributed by atoms with E-state index in [0.29, 0.717) is 24.7 Å². The highest BCUT2D eigenvalue weighted by molar-refractivity contribution is 5.85. The van der Waals surface area contributed by atoms with Crippen molar-refractivity contribution in [2.24, 2.45) is 10.6 Å². The van der Waals surface area contributed by atoms with Gasteiger partial charge in [0.05, 0.1) is 25.0 Å². The Hall–Kier alpha value is -3.13. The van der Waals surface area contributed by atoms with Crippen LogP contribution in [0.5, 0.6) is 5.75 Å². The number of carbonyl (C=O) groups excluding carboxylic acids is 1. The third-order valence-electron chi connectivity index (χ3n) is 9.54.